The number of nitrogens with one attached hydrogen (secondary N) is 1. The van der Waals surface area contributed by atoms with E-state index in [-0.39, 0.29) is 30.3 Å². The Bertz CT molecular complexity index is 572. The fraction of sp³-hybridized carbons (Fsp3) is 0.632. The fourth-order valence-electron chi connectivity index (χ4n) is 3.51. The molecule has 1 N–H and O–H groups in total. The van der Waals surface area contributed by atoms with E-state index in [4.69, 9.17) is 0 Å². The number of halogens is 4. The van der Waals surface area contributed by atoms with E-state index in [0.29, 0.717) is 19.0 Å². The molecule has 148 valence electrons. The molecule has 7 heteroatoms. The molecule has 1 aromatic rings. The fourth-order valence-corrected chi connectivity index (χ4v) is 3.51. The van der Waals surface area contributed by atoms with Gasteiger partial charge in [0.05, 0.1) is 5.56 Å². The summed E-state index contributed by atoms with van der Waals surface area (Å²) in [6.45, 7) is 4.09. The van der Waals surface area contributed by atoms with Crippen molar-refractivity contribution in [1.82, 2.24) is 10.2 Å². The first kappa shape index (κ1) is 22.8. The standard InChI is InChI=1S/C19H27F3N2O.ClH/c1-14(16-5-3-4-6-17(16)19(20,21)22)13-18(25)24-11-8-15(9-12-24)7-10-23-2;/h3-6,14-15,23H,7-13H2,1-2H3;1H. The van der Waals surface area contributed by atoms with Crippen LogP contribution in [0, 0.1) is 5.92 Å². The molecule has 26 heavy (non-hydrogen) atoms. The van der Waals surface area contributed by atoms with Gasteiger partial charge in [-0.25, -0.2) is 0 Å². The van der Waals surface area contributed by atoms with Crippen molar-refractivity contribution < 1.29 is 18.0 Å². The van der Waals surface area contributed by atoms with Gasteiger partial charge in [-0.3, -0.25) is 4.79 Å². The number of piperidine rings is 1. The Morgan fingerprint density at radius 3 is 2.46 bits per heavy atom. The van der Waals surface area contributed by atoms with Crippen molar-refractivity contribution >= 4 is 18.3 Å². The van der Waals surface area contributed by atoms with Gasteiger partial charge in [0.2, 0.25) is 5.91 Å². The number of likely N-dealkylation sites (tertiary alicyclic amines) is 1. The van der Waals surface area contributed by atoms with Crippen molar-refractivity contribution in [2.75, 3.05) is 26.7 Å². The van der Waals surface area contributed by atoms with Crippen LogP contribution in [0.2, 0.25) is 0 Å². The molecule has 1 unspecified atom stereocenters. The summed E-state index contributed by atoms with van der Waals surface area (Å²) in [6, 6.07) is 5.55. The van der Waals surface area contributed by atoms with E-state index in [1.165, 1.54) is 12.1 Å². The zero-order valence-corrected chi connectivity index (χ0v) is 16.1. The lowest BCUT2D eigenvalue weighted by atomic mass is 9.90. The molecular formula is C19H28ClF3N2O. The third-order valence-electron chi connectivity index (χ3n) is 5.05. The van der Waals surface area contributed by atoms with Gasteiger partial charge in [0.1, 0.15) is 0 Å². The maximum absolute atomic E-state index is 13.1. The summed E-state index contributed by atoms with van der Waals surface area (Å²) in [7, 11) is 1.93. The van der Waals surface area contributed by atoms with Crippen LogP contribution in [0.25, 0.3) is 0 Å². The molecule has 0 aromatic heterocycles. The van der Waals surface area contributed by atoms with Crippen LogP contribution in [0.5, 0.6) is 0 Å². The summed E-state index contributed by atoms with van der Waals surface area (Å²) in [5.41, 5.74) is -0.437. The van der Waals surface area contributed by atoms with E-state index in [1.54, 1.807) is 13.0 Å². The molecule has 0 saturated carbocycles. The topological polar surface area (TPSA) is 32.3 Å². The predicted molar refractivity (Wildman–Crippen MR) is 99.6 cm³/mol. The van der Waals surface area contributed by atoms with Crippen molar-refractivity contribution in [2.24, 2.45) is 5.92 Å². The highest BCUT2D eigenvalue weighted by molar-refractivity contribution is 5.85. The summed E-state index contributed by atoms with van der Waals surface area (Å²) in [6.07, 6.45) is -1.22. The summed E-state index contributed by atoms with van der Waals surface area (Å²) in [4.78, 5) is 14.3. The van der Waals surface area contributed by atoms with Crippen molar-refractivity contribution in [3.05, 3.63) is 35.4 Å². The van der Waals surface area contributed by atoms with Gasteiger partial charge in [0.15, 0.2) is 0 Å². The molecule has 1 aliphatic heterocycles. The molecule has 1 atom stereocenters. The molecule has 0 aliphatic carbocycles. The lowest BCUT2D eigenvalue weighted by Gasteiger charge is -2.33. The normalized spacial score (nSPS) is 16.9. The number of alkyl halides is 3. The van der Waals surface area contributed by atoms with Gasteiger partial charge >= 0.3 is 6.18 Å². The van der Waals surface area contributed by atoms with Crippen LogP contribution >= 0.6 is 12.4 Å². The van der Waals surface area contributed by atoms with Gasteiger partial charge in [-0.15, -0.1) is 12.4 Å². The molecule has 0 radical (unpaired) electrons. The third-order valence-corrected chi connectivity index (χ3v) is 5.05. The minimum Gasteiger partial charge on any atom is -0.343 e. The highest BCUT2D eigenvalue weighted by Gasteiger charge is 2.34. The first-order valence-electron chi connectivity index (χ1n) is 8.91. The number of nitrogens with zero attached hydrogens (tertiary/aromatic N) is 1. The zero-order chi connectivity index (χ0) is 18.4. The summed E-state index contributed by atoms with van der Waals surface area (Å²) < 4.78 is 39.4. The smallest absolute Gasteiger partial charge is 0.343 e. The van der Waals surface area contributed by atoms with Crippen LogP contribution in [0.15, 0.2) is 24.3 Å². The van der Waals surface area contributed by atoms with Gasteiger partial charge in [0, 0.05) is 19.5 Å². The monoisotopic (exact) mass is 392 g/mol. The quantitative estimate of drug-likeness (QED) is 0.774. The van der Waals surface area contributed by atoms with Gasteiger partial charge in [-0.05, 0) is 56.3 Å². The summed E-state index contributed by atoms with van der Waals surface area (Å²) in [5.74, 6) is 0.128. The molecule has 1 saturated heterocycles. The van der Waals surface area contributed by atoms with Gasteiger partial charge in [-0.2, -0.15) is 13.2 Å². The number of carbonyl (C=O) groups excluding carboxylic acids is 1. The molecule has 0 spiro atoms. The van der Waals surface area contributed by atoms with E-state index >= 15 is 0 Å². The van der Waals surface area contributed by atoms with E-state index in [1.807, 2.05) is 11.9 Å². The first-order valence-corrected chi connectivity index (χ1v) is 8.91. The Morgan fingerprint density at radius 1 is 1.27 bits per heavy atom. The number of benzene rings is 1. The van der Waals surface area contributed by atoms with Crippen molar-refractivity contribution in [3.63, 3.8) is 0 Å². The average molecular weight is 393 g/mol. The van der Waals surface area contributed by atoms with Crippen LogP contribution in [-0.2, 0) is 11.0 Å². The van der Waals surface area contributed by atoms with E-state index in [2.05, 4.69) is 5.32 Å². The zero-order valence-electron chi connectivity index (χ0n) is 15.3. The second kappa shape index (κ2) is 10.2. The van der Waals surface area contributed by atoms with Crippen LogP contribution < -0.4 is 5.32 Å². The Kier molecular flexibility index (Phi) is 8.90. The van der Waals surface area contributed by atoms with E-state index in [0.717, 1.165) is 31.9 Å². The number of amides is 1. The van der Waals surface area contributed by atoms with Crippen LogP contribution in [-0.4, -0.2) is 37.5 Å². The second-order valence-electron chi connectivity index (χ2n) is 6.91. The van der Waals surface area contributed by atoms with Crippen molar-refractivity contribution in [2.45, 2.75) is 44.7 Å². The Hall–Kier alpha value is -1.27. The lowest BCUT2D eigenvalue weighted by molar-refractivity contribution is -0.139. The molecule has 2 rings (SSSR count). The van der Waals surface area contributed by atoms with Crippen molar-refractivity contribution in [1.29, 1.82) is 0 Å². The lowest BCUT2D eigenvalue weighted by Crippen LogP contribution is -2.39. The molecular weight excluding hydrogens is 365 g/mol. The minimum absolute atomic E-state index is 0. The highest BCUT2D eigenvalue weighted by atomic mass is 35.5. The maximum Gasteiger partial charge on any atom is 0.416 e. The SMILES string of the molecule is CNCCC1CCN(C(=O)CC(C)c2ccccc2C(F)(F)F)CC1.Cl. The maximum atomic E-state index is 13.1. The average Bonchev–Trinajstić information content (AvgIpc) is 2.59. The Morgan fingerprint density at radius 2 is 1.88 bits per heavy atom. The van der Waals surface area contributed by atoms with Crippen LogP contribution in [0.3, 0.4) is 0 Å². The van der Waals surface area contributed by atoms with Crippen molar-refractivity contribution in [3.8, 4) is 0 Å². The molecule has 3 nitrogen and oxygen atoms in total. The van der Waals surface area contributed by atoms with E-state index < -0.39 is 17.7 Å². The van der Waals surface area contributed by atoms with Gasteiger partial charge in [-0.1, -0.05) is 25.1 Å². The Labute approximate surface area is 159 Å². The second-order valence-corrected chi connectivity index (χ2v) is 6.91. The molecule has 1 heterocycles. The molecule has 1 aliphatic rings. The van der Waals surface area contributed by atoms with Crippen LogP contribution in [0.4, 0.5) is 13.2 Å². The van der Waals surface area contributed by atoms with Gasteiger partial charge < -0.3 is 10.2 Å². The first-order chi connectivity index (χ1) is 11.8. The molecule has 0 bridgehead atoms. The number of carbonyl (C=O) groups is 1. The minimum atomic E-state index is -4.39. The van der Waals surface area contributed by atoms with Gasteiger partial charge in [0.25, 0.3) is 0 Å². The molecule has 1 amide bonds. The predicted octanol–water partition coefficient (Wildman–Crippen LogP) is 4.47. The third kappa shape index (κ3) is 6.16. The summed E-state index contributed by atoms with van der Waals surface area (Å²) in [5, 5.41) is 3.14. The molecule has 1 aromatic carbocycles. The number of hydrogen-bond donors (Lipinski definition) is 1. The number of rotatable bonds is 6. The Balaban J connectivity index is 0.00000338. The highest BCUT2D eigenvalue weighted by Crippen LogP contribution is 2.36. The largest absolute Gasteiger partial charge is 0.416 e. The molecule has 1 fully saturated rings. The summed E-state index contributed by atoms with van der Waals surface area (Å²) >= 11 is 0. The van der Waals surface area contributed by atoms with Crippen LogP contribution in [0.1, 0.15) is 49.7 Å². The van der Waals surface area contributed by atoms with E-state index in [9.17, 15) is 18.0 Å². The number of hydrogen-bond acceptors (Lipinski definition) is 2.